The van der Waals surface area contributed by atoms with Crippen LogP contribution in [-0.2, 0) is 9.53 Å². The Bertz CT molecular complexity index is 369. The Hall–Kier alpha value is -1.75. The number of carbonyl (C=O) groups is 1. The lowest BCUT2D eigenvalue weighted by molar-refractivity contribution is -0.122. The van der Waals surface area contributed by atoms with Crippen molar-refractivity contribution in [2.24, 2.45) is 0 Å². The molecule has 0 spiro atoms. The molecule has 18 heavy (non-hydrogen) atoms. The smallest absolute Gasteiger partial charge is 0.222 e. The minimum atomic E-state index is -0.0281. The summed E-state index contributed by atoms with van der Waals surface area (Å²) in [5.74, 6) is 0.679. The Balaban J connectivity index is 2.09. The van der Waals surface area contributed by atoms with Crippen LogP contribution in [0.15, 0.2) is 24.3 Å². The molecule has 0 radical (unpaired) electrons. The highest BCUT2D eigenvalue weighted by atomic mass is 16.5. The van der Waals surface area contributed by atoms with E-state index in [1.54, 1.807) is 12.1 Å². The van der Waals surface area contributed by atoms with Crippen molar-refractivity contribution in [3.8, 4) is 5.75 Å². The number of carbonyl (C=O) groups excluding carboxylic acids is 1. The monoisotopic (exact) mass is 252 g/mol. The summed E-state index contributed by atoms with van der Waals surface area (Å²) in [7, 11) is 0. The number of rotatable bonds is 8. The van der Waals surface area contributed by atoms with E-state index in [1.807, 2.05) is 19.1 Å². The van der Waals surface area contributed by atoms with Gasteiger partial charge in [-0.25, -0.2) is 0 Å². The molecular formula is C13H20N2O3. The maximum absolute atomic E-state index is 11.3. The number of benzene rings is 1. The molecule has 5 heteroatoms. The topological polar surface area (TPSA) is 73.6 Å². The molecule has 0 aliphatic carbocycles. The zero-order valence-corrected chi connectivity index (χ0v) is 10.6. The molecule has 100 valence electrons. The van der Waals surface area contributed by atoms with E-state index in [0.717, 1.165) is 0 Å². The molecule has 0 aliphatic rings. The molecule has 1 aromatic rings. The molecule has 1 aromatic carbocycles. The molecule has 0 aliphatic heterocycles. The zero-order valence-electron chi connectivity index (χ0n) is 10.6. The highest BCUT2D eigenvalue weighted by Crippen LogP contribution is 2.13. The number of nitrogens with one attached hydrogen (secondary N) is 1. The van der Waals surface area contributed by atoms with Crippen LogP contribution in [0.4, 0.5) is 5.69 Å². The van der Waals surface area contributed by atoms with Crippen molar-refractivity contribution in [3.05, 3.63) is 24.3 Å². The van der Waals surface area contributed by atoms with Gasteiger partial charge < -0.3 is 20.5 Å². The van der Waals surface area contributed by atoms with Crippen LogP contribution in [0.3, 0.4) is 0 Å². The van der Waals surface area contributed by atoms with E-state index in [1.165, 1.54) is 0 Å². The highest BCUT2D eigenvalue weighted by molar-refractivity contribution is 5.75. The second kappa shape index (κ2) is 8.36. The lowest BCUT2D eigenvalue weighted by Gasteiger charge is -2.08. The van der Waals surface area contributed by atoms with E-state index >= 15 is 0 Å². The van der Waals surface area contributed by atoms with Gasteiger partial charge in [0.15, 0.2) is 0 Å². The van der Waals surface area contributed by atoms with Crippen molar-refractivity contribution in [2.75, 3.05) is 32.1 Å². The van der Waals surface area contributed by atoms with E-state index < -0.39 is 0 Å². The van der Waals surface area contributed by atoms with Gasteiger partial charge in [-0.05, 0) is 19.1 Å². The summed E-state index contributed by atoms with van der Waals surface area (Å²) in [5.41, 5.74) is 6.28. The molecule has 0 saturated heterocycles. The van der Waals surface area contributed by atoms with E-state index in [4.69, 9.17) is 15.2 Å². The Morgan fingerprint density at radius 3 is 2.94 bits per heavy atom. The van der Waals surface area contributed by atoms with E-state index in [-0.39, 0.29) is 5.91 Å². The van der Waals surface area contributed by atoms with E-state index in [0.29, 0.717) is 44.2 Å². The van der Waals surface area contributed by atoms with Crippen molar-refractivity contribution in [1.82, 2.24) is 5.32 Å². The van der Waals surface area contributed by atoms with Crippen molar-refractivity contribution in [3.63, 3.8) is 0 Å². The fourth-order valence-electron chi connectivity index (χ4n) is 1.36. The second-order valence-corrected chi connectivity index (χ2v) is 3.72. The van der Waals surface area contributed by atoms with Crippen molar-refractivity contribution in [2.45, 2.75) is 13.3 Å². The Morgan fingerprint density at radius 2 is 2.22 bits per heavy atom. The van der Waals surface area contributed by atoms with Crippen LogP contribution >= 0.6 is 0 Å². The van der Waals surface area contributed by atoms with Gasteiger partial charge in [0.05, 0.1) is 13.2 Å². The number of hydrogen-bond acceptors (Lipinski definition) is 4. The van der Waals surface area contributed by atoms with Crippen LogP contribution in [0.25, 0.3) is 0 Å². The van der Waals surface area contributed by atoms with Crippen molar-refractivity contribution < 1.29 is 14.3 Å². The van der Waals surface area contributed by atoms with Gasteiger partial charge in [0.1, 0.15) is 12.4 Å². The first-order valence-corrected chi connectivity index (χ1v) is 6.05. The number of hydrogen-bond donors (Lipinski definition) is 2. The van der Waals surface area contributed by atoms with Gasteiger partial charge in [-0.2, -0.15) is 0 Å². The average Bonchev–Trinajstić information content (AvgIpc) is 2.35. The lowest BCUT2D eigenvalue weighted by atomic mass is 10.3. The Morgan fingerprint density at radius 1 is 1.39 bits per heavy atom. The first-order chi connectivity index (χ1) is 8.72. The molecule has 0 heterocycles. The second-order valence-electron chi connectivity index (χ2n) is 3.72. The number of nitrogens with two attached hydrogens (primary N) is 1. The summed E-state index contributed by atoms with van der Waals surface area (Å²) in [6, 6.07) is 7.19. The molecule has 0 bridgehead atoms. The Labute approximate surface area is 107 Å². The summed E-state index contributed by atoms with van der Waals surface area (Å²) in [6.07, 6.45) is 0.381. The third-order valence-corrected chi connectivity index (χ3v) is 2.23. The van der Waals surface area contributed by atoms with Crippen molar-refractivity contribution in [1.29, 1.82) is 0 Å². The largest absolute Gasteiger partial charge is 0.492 e. The normalized spacial score (nSPS) is 10.1. The molecule has 0 aromatic heterocycles. The van der Waals surface area contributed by atoms with Crippen LogP contribution in [-0.4, -0.2) is 32.3 Å². The van der Waals surface area contributed by atoms with Crippen LogP contribution < -0.4 is 15.8 Å². The maximum Gasteiger partial charge on any atom is 0.222 e. The van der Waals surface area contributed by atoms with Crippen LogP contribution in [0, 0.1) is 0 Å². The minimum absolute atomic E-state index is 0.0281. The maximum atomic E-state index is 11.3. The first-order valence-electron chi connectivity index (χ1n) is 6.05. The molecule has 0 unspecified atom stereocenters. The number of ether oxygens (including phenoxy) is 2. The molecule has 3 N–H and O–H groups in total. The van der Waals surface area contributed by atoms with Crippen LogP contribution in [0.5, 0.6) is 5.75 Å². The zero-order chi connectivity index (χ0) is 13.2. The summed E-state index contributed by atoms with van der Waals surface area (Å²) in [4.78, 5) is 11.3. The minimum Gasteiger partial charge on any atom is -0.492 e. The number of amides is 1. The molecule has 1 amide bonds. The molecule has 0 fully saturated rings. The van der Waals surface area contributed by atoms with Gasteiger partial charge in [0.2, 0.25) is 5.91 Å². The number of nitrogen functional groups attached to an aromatic ring is 1. The standard InChI is InChI=1S/C13H20N2O3/c1-2-17-8-6-13(16)15-7-9-18-12-5-3-4-11(14)10-12/h3-5,10H,2,6-9,14H2,1H3,(H,15,16). The predicted molar refractivity (Wildman–Crippen MR) is 70.5 cm³/mol. The van der Waals surface area contributed by atoms with Crippen LogP contribution in [0.2, 0.25) is 0 Å². The van der Waals surface area contributed by atoms with Crippen LogP contribution in [0.1, 0.15) is 13.3 Å². The first kappa shape index (κ1) is 14.3. The summed E-state index contributed by atoms with van der Waals surface area (Å²) in [6.45, 7) is 3.88. The molecule has 0 atom stereocenters. The van der Waals surface area contributed by atoms with Crippen molar-refractivity contribution >= 4 is 11.6 Å². The van der Waals surface area contributed by atoms with Gasteiger partial charge >= 0.3 is 0 Å². The molecule has 1 rings (SSSR count). The third-order valence-electron chi connectivity index (χ3n) is 2.23. The lowest BCUT2D eigenvalue weighted by Crippen LogP contribution is -2.28. The molecular weight excluding hydrogens is 232 g/mol. The Kier molecular flexibility index (Phi) is 6.64. The molecule has 5 nitrogen and oxygen atoms in total. The summed E-state index contributed by atoms with van der Waals surface area (Å²) < 4.78 is 10.5. The van der Waals surface area contributed by atoms with E-state index in [2.05, 4.69) is 5.32 Å². The number of anilines is 1. The van der Waals surface area contributed by atoms with Gasteiger partial charge in [-0.15, -0.1) is 0 Å². The average molecular weight is 252 g/mol. The summed E-state index contributed by atoms with van der Waals surface area (Å²) >= 11 is 0. The molecule has 0 saturated carbocycles. The fraction of sp³-hybridized carbons (Fsp3) is 0.462. The fourth-order valence-corrected chi connectivity index (χ4v) is 1.36. The van der Waals surface area contributed by atoms with Gasteiger partial charge in [0, 0.05) is 24.8 Å². The van der Waals surface area contributed by atoms with Gasteiger partial charge in [-0.3, -0.25) is 4.79 Å². The van der Waals surface area contributed by atoms with Gasteiger partial charge in [-0.1, -0.05) is 6.07 Å². The predicted octanol–water partition coefficient (Wildman–Crippen LogP) is 1.19. The van der Waals surface area contributed by atoms with E-state index in [9.17, 15) is 4.79 Å². The summed E-state index contributed by atoms with van der Waals surface area (Å²) in [5, 5.41) is 2.75. The highest BCUT2D eigenvalue weighted by Gasteiger charge is 2.00. The quantitative estimate of drug-likeness (QED) is 0.538. The SMILES string of the molecule is CCOCCC(=O)NCCOc1cccc(N)c1. The van der Waals surface area contributed by atoms with Gasteiger partial charge in [0.25, 0.3) is 0 Å². The third kappa shape index (κ3) is 6.10.